The smallest absolute Gasteiger partial charge is 0.276 e. The topological polar surface area (TPSA) is 137 Å². The molecule has 4 aromatic rings. The molecule has 0 aliphatic heterocycles. The lowest BCUT2D eigenvalue weighted by Gasteiger charge is -2.10. The van der Waals surface area contributed by atoms with Crippen molar-refractivity contribution in [3.8, 4) is 11.3 Å². The first kappa shape index (κ1) is 18.2. The molecular weight excluding hydrogens is 376 g/mol. The number of aromatic nitrogens is 5. The van der Waals surface area contributed by atoms with Crippen molar-refractivity contribution in [2.75, 3.05) is 0 Å². The lowest BCUT2D eigenvalue weighted by atomic mass is 10.1. The molecule has 0 aliphatic rings. The van der Waals surface area contributed by atoms with E-state index in [9.17, 15) is 19.7 Å². The van der Waals surface area contributed by atoms with Crippen molar-refractivity contribution in [2.24, 2.45) is 0 Å². The maximum absolute atomic E-state index is 12.8. The highest BCUT2D eigenvalue weighted by Crippen LogP contribution is 2.26. The summed E-state index contributed by atoms with van der Waals surface area (Å²) in [7, 11) is 0. The molecule has 1 aromatic carbocycles. The van der Waals surface area contributed by atoms with E-state index in [-0.39, 0.29) is 30.3 Å². The van der Waals surface area contributed by atoms with Crippen LogP contribution in [0.3, 0.4) is 0 Å². The number of nitrogens with one attached hydrogen (secondary N) is 1. The fourth-order valence-corrected chi connectivity index (χ4v) is 2.98. The van der Waals surface area contributed by atoms with Gasteiger partial charge in [-0.25, -0.2) is 9.67 Å². The summed E-state index contributed by atoms with van der Waals surface area (Å²) in [5, 5.41) is 15.8. The number of benzene rings is 1. The summed E-state index contributed by atoms with van der Waals surface area (Å²) in [6.45, 7) is 0.0329. The summed E-state index contributed by atoms with van der Waals surface area (Å²) in [4.78, 5) is 46.5. The van der Waals surface area contributed by atoms with Crippen LogP contribution in [0.2, 0.25) is 0 Å². The van der Waals surface area contributed by atoms with Crippen LogP contribution in [-0.2, 0) is 6.54 Å². The Labute approximate surface area is 163 Å². The van der Waals surface area contributed by atoms with E-state index in [0.717, 1.165) is 0 Å². The molecule has 0 spiro atoms. The number of non-ortho nitro benzene ring substituents is 1. The second kappa shape index (κ2) is 7.43. The third kappa shape index (κ3) is 3.50. The molecule has 29 heavy (non-hydrogen) atoms. The van der Waals surface area contributed by atoms with Gasteiger partial charge in [0.25, 0.3) is 11.2 Å². The number of aryl methyl sites for hydroxylation is 1. The minimum atomic E-state index is -0.503. The van der Waals surface area contributed by atoms with Crippen LogP contribution < -0.4 is 5.56 Å². The number of hydrogen-bond donors (Lipinski definition) is 1. The van der Waals surface area contributed by atoms with Crippen molar-refractivity contribution < 1.29 is 9.72 Å². The number of nitro groups is 1. The zero-order chi connectivity index (χ0) is 20.4. The van der Waals surface area contributed by atoms with E-state index in [1.54, 1.807) is 30.5 Å². The Morgan fingerprint density at radius 3 is 2.79 bits per heavy atom. The Hall–Kier alpha value is -4.21. The zero-order valence-electron chi connectivity index (χ0n) is 15.0. The van der Waals surface area contributed by atoms with Crippen LogP contribution in [-0.4, -0.2) is 35.4 Å². The summed E-state index contributed by atoms with van der Waals surface area (Å²) in [6, 6.07) is 9.18. The fourth-order valence-electron chi connectivity index (χ4n) is 2.98. The Bertz CT molecular complexity index is 1280. The highest BCUT2D eigenvalue weighted by Gasteiger charge is 2.17. The number of hydrogen-bond acceptors (Lipinski definition) is 7. The fraction of sp³-hybridized carbons (Fsp3) is 0.105. The predicted octanol–water partition coefficient (Wildman–Crippen LogP) is 2.36. The summed E-state index contributed by atoms with van der Waals surface area (Å²) in [5.74, 6) is -0.0497. The molecule has 1 N–H and O–H groups in total. The van der Waals surface area contributed by atoms with Crippen molar-refractivity contribution in [3.05, 3.63) is 81.3 Å². The van der Waals surface area contributed by atoms with Crippen molar-refractivity contribution >= 4 is 22.4 Å². The van der Waals surface area contributed by atoms with Crippen LogP contribution in [0.4, 0.5) is 5.69 Å². The normalized spacial score (nSPS) is 10.9. The number of carbonyl (C=O) groups is 1. The number of aromatic amines is 1. The molecule has 10 nitrogen and oxygen atoms in total. The van der Waals surface area contributed by atoms with E-state index >= 15 is 0 Å². The minimum Gasteiger partial charge on any atom is -0.342 e. The van der Waals surface area contributed by atoms with Crippen molar-refractivity contribution in [1.29, 1.82) is 0 Å². The first-order valence-corrected chi connectivity index (χ1v) is 8.68. The van der Waals surface area contributed by atoms with Gasteiger partial charge >= 0.3 is 0 Å². The largest absolute Gasteiger partial charge is 0.342 e. The molecule has 144 valence electrons. The van der Waals surface area contributed by atoms with Gasteiger partial charge in [0, 0.05) is 42.7 Å². The number of pyridine rings is 1. The van der Waals surface area contributed by atoms with Gasteiger partial charge in [-0.2, -0.15) is 5.10 Å². The average molecular weight is 390 g/mol. The molecule has 10 heteroatoms. The van der Waals surface area contributed by atoms with E-state index in [4.69, 9.17) is 0 Å². The molecule has 0 amide bonds. The van der Waals surface area contributed by atoms with Gasteiger partial charge in [-0.15, -0.1) is 0 Å². The van der Waals surface area contributed by atoms with Crippen molar-refractivity contribution in [1.82, 2.24) is 24.7 Å². The van der Waals surface area contributed by atoms with Crippen LogP contribution in [0.1, 0.15) is 17.0 Å². The van der Waals surface area contributed by atoms with Gasteiger partial charge in [-0.3, -0.25) is 24.7 Å². The molecule has 0 bridgehead atoms. The summed E-state index contributed by atoms with van der Waals surface area (Å²) in [6.07, 6.45) is 4.55. The number of Topliss-reactive ketones (excluding diaryl/α,β-unsaturated/α-hetero) is 1. The zero-order valence-corrected chi connectivity index (χ0v) is 15.0. The van der Waals surface area contributed by atoms with Gasteiger partial charge in [-0.05, 0) is 12.1 Å². The molecule has 0 saturated carbocycles. The molecule has 0 saturated heterocycles. The van der Waals surface area contributed by atoms with Crippen LogP contribution in [0.5, 0.6) is 0 Å². The molecule has 0 unspecified atom stereocenters. The maximum Gasteiger partial charge on any atom is 0.276 e. The van der Waals surface area contributed by atoms with Gasteiger partial charge in [-0.1, -0.05) is 12.1 Å². The Morgan fingerprint density at radius 2 is 2.03 bits per heavy atom. The number of fused-ring (bicyclic) bond motifs is 1. The monoisotopic (exact) mass is 390 g/mol. The van der Waals surface area contributed by atoms with E-state index in [2.05, 4.69) is 20.1 Å². The molecule has 4 rings (SSSR count). The average Bonchev–Trinajstić information content (AvgIpc) is 3.28. The SMILES string of the molecule is O=C(CCn1nc(-c2cccc([N+](=O)[O-])c2)c2ncccc2c1=O)c1ncc[nH]1. The number of H-pyrrole nitrogens is 1. The molecular formula is C19H14N6O4. The first-order chi connectivity index (χ1) is 14.0. The van der Waals surface area contributed by atoms with E-state index in [1.165, 1.54) is 29.2 Å². The molecule has 0 radical (unpaired) electrons. The Balaban J connectivity index is 1.79. The van der Waals surface area contributed by atoms with E-state index in [1.807, 2.05) is 0 Å². The minimum absolute atomic E-state index is 0.0145. The quantitative estimate of drug-likeness (QED) is 0.303. The number of ketones is 1. The highest BCUT2D eigenvalue weighted by molar-refractivity contribution is 5.92. The van der Waals surface area contributed by atoms with Gasteiger partial charge in [0.1, 0.15) is 11.2 Å². The number of nitro benzene ring substituents is 1. The second-order valence-electron chi connectivity index (χ2n) is 6.19. The second-order valence-corrected chi connectivity index (χ2v) is 6.19. The van der Waals surface area contributed by atoms with Crippen LogP contribution in [0, 0.1) is 10.1 Å². The van der Waals surface area contributed by atoms with Gasteiger partial charge in [0.15, 0.2) is 11.6 Å². The highest BCUT2D eigenvalue weighted by atomic mass is 16.6. The molecule has 0 fully saturated rings. The predicted molar refractivity (Wildman–Crippen MR) is 103 cm³/mol. The van der Waals surface area contributed by atoms with Crippen LogP contribution in [0.25, 0.3) is 22.2 Å². The summed E-state index contributed by atoms with van der Waals surface area (Å²) < 4.78 is 1.18. The lowest BCUT2D eigenvalue weighted by Crippen LogP contribution is -2.25. The molecule has 3 aromatic heterocycles. The third-order valence-electron chi connectivity index (χ3n) is 4.36. The van der Waals surface area contributed by atoms with Gasteiger partial charge in [0.05, 0.1) is 16.9 Å². The van der Waals surface area contributed by atoms with Crippen molar-refractivity contribution in [3.63, 3.8) is 0 Å². The van der Waals surface area contributed by atoms with E-state index in [0.29, 0.717) is 22.2 Å². The maximum atomic E-state index is 12.8. The van der Waals surface area contributed by atoms with Gasteiger partial charge < -0.3 is 4.98 Å². The number of rotatable bonds is 6. The number of nitrogens with zero attached hydrogens (tertiary/aromatic N) is 5. The Morgan fingerprint density at radius 1 is 1.17 bits per heavy atom. The Kier molecular flexibility index (Phi) is 4.65. The number of imidazole rings is 1. The van der Waals surface area contributed by atoms with Gasteiger partial charge in [0.2, 0.25) is 0 Å². The molecule has 0 atom stereocenters. The molecule has 0 aliphatic carbocycles. The summed E-state index contributed by atoms with van der Waals surface area (Å²) in [5.41, 5.74) is 0.628. The molecule has 3 heterocycles. The third-order valence-corrected chi connectivity index (χ3v) is 4.36. The van der Waals surface area contributed by atoms with Crippen LogP contribution in [0.15, 0.2) is 59.8 Å². The van der Waals surface area contributed by atoms with Crippen LogP contribution >= 0.6 is 0 Å². The standard InChI is InChI=1S/C19H14N6O4/c26-15(18-21-8-9-22-18)6-10-24-19(27)14-5-2-7-20-17(14)16(23-24)12-3-1-4-13(11-12)25(28)29/h1-5,7-9,11H,6,10H2,(H,21,22). The first-order valence-electron chi connectivity index (χ1n) is 8.68. The lowest BCUT2D eigenvalue weighted by molar-refractivity contribution is -0.384. The van der Waals surface area contributed by atoms with E-state index < -0.39 is 10.5 Å². The number of carbonyl (C=O) groups excluding carboxylic acids is 1. The summed E-state index contributed by atoms with van der Waals surface area (Å²) >= 11 is 0. The van der Waals surface area contributed by atoms with Crippen molar-refractivity contribution in [2.45, 2.75) is 13.0 Å².